The number of hydrogen-bond donors (Lipinski definition) is 2. The van der Waals surface area contributed by atoms with Gasteiger partial charge in [-0.25, -0.2) is 4.99 Å². The van der Waals surface area contributed by atoms with Crippen molar-refractivity contribution in [1.82, 2.24) is 15.5 Å². The Balaban J connectivity index is 2.10. The van der Waals surface area contributed by atoms with Gasteiger partial charge in [0.2, 0.25) is 5.91 Å². The largest absolute Gasteiger partial charge is 0.353 e. The molecule has 2 rings (SSSR count). The second kappa shape index (κ2) is 3.84. The quantitative estimate of drug-likeness (QED) is 0.482. The van der Waals surface area contributed by atoms with Crippen LogP contribution in [0, 0.1) is 0 Å². The predicted molar refractivity (Wildman–Crippen MR) is 61.6 cm³/mol. The molecule has 1 amide bonds. The van der Waals surface area contributed by atoms with E-state index in [4.69, 9.17) is 0 Å². The summed E-state index contributed by atoms with van der Waals surface area (Å²) in [7, 11) is 0. The van der Waals surface area contributed by atoms with E-state index in [2.05, 4.69) is 31.6 Å². The number of alkyl halides is 1. The fourth-order valence-electron chi connectivity index (χ4n) is 1.53. The Morgan fingerprint density at radius 2 is 2.47 bits per heavy atom. The molecular weight excluding hydrogens is 260 g/mol. The number of carbonyl (C=O) groups excluding carboxylic acids is 1. The number of aliphatic imine (C=N–C) groups is 1. The van der Waals surface area contributed by atoms with Crippen molar-refractivity contribution in [2.75, 3.05) is 19.6 Å². The van der Waals surface area contributed by atoms with E-state index in [1.54, 1.807) is 0 Å². The summed E-state index contributed by atoms with van der Waals surface area (Å²) in [6, 6.07) is 0. The first-order valence-corrected chi connectivity index (χ1v) is 5.61. The molecule has 2 N–H and O–H groups in total. The van der Waals surface area contributed by atoms with Gasteiger partial charge in [0.1, 0.15) is 4.45 Å². The van der Waals surface area contributed by atoms with Crippen LogP contribution in [-0.4, -0.2) is 40.8 Å². The molecule has 5 nitrogen and oxygen atoms in total. The van der Waals surface area contributed by atoms with Gasteiger partial charge >= 0.3 is 0 Å². The lowest BCUT2D eigenvalue weighted by Crippen LogP contribution is -2.54. The van der Waals surface area contributed by atoms with Crippen LogP contribution < -0.4 is 10.6 Å². The molecule has 0 aliphatic carbocycles. The summed E-state index contributed by atoms with van der Waals surface area (Å²) in [6.45, 7) is 3.77. The summed E-state index contributed by atoms with van der Waals surface area (Å²) >= 11 is 3.47. The number of nitrogens with zero attached hydrogens (tertiary/aromatic N) is 2. The fraction of sp³-hybridized carbons (Fsp3) is 0.556. The lowest BCUT2D eigenvalue weighted by molar-refractivity contribution is -0.122. The molecule has 1 unspecified atom stereocenters. The highest BCUT2D eigenvalue weighted by Gasteiger charge is 2.25. The average Bonchev–Trinajstić information content (AvgIpc) is 2.16. The Kier molecular flexibility index (Phi) is 2.68. The molecule has 0 radical (unpaired) electrons. The van der Waals surface area contributed by atoms with Crippen LogP contribution in [0.1, 0.15) is 6.92 Å². The third-order valence-corrected chi connectivity index (χ3v) is 2.70. The predicted octanol–water partition coefficient (Wildman–Crippen LogP) is 0.00220. The monoisotopic (exact) mass is 272 g/mol. The van der Waals surface area contributed by atoms with Crippen molar-refractivity contribution in [3.8, 4) is 0 Å². The van der Waals surface area contributed by atoms with Gasteiger partial charge in [0.15, 0.2) is 5.96 Å². The highest BCUT2D eigenvalue weighted by molar-refractivity contribution is 9.10. The molecule has 1 saturated heterocycles. The van der Waals surface area contributed by atoms with E-state index >= 15 is 0 Å². The van der Waals surface area contributed by atoms with Gasteiger partial charge in [-0.15, -0.1) is 0 Å². The number of hydrogen-bond acceptors (Lipinski definition) is 4. The van der Waals surface area contributed by atoms with Crippen molar-refractivity contribution in [3.63, 3.8) is 0 Å². The molecule has 0 saturated carbocycles. The van der Waals surface area contributed by atoms with Gasteiger partial charge in [0.25, 0.3) is 0 Å². The topological polar surface area (TPSA) is 56.7 Å². The van der Waals surface area contributed by atoms with Crippen LogP contribution in [0.4, 0.5) is 0 Å². The van der Waals surface area contributed by atoms with Gasteiger partial charge in [0.05, 0.1) is 6.54 Å². The Labute approximate surface area is 96.7 Å². The molecule has 6 heteroatoms. The van der Waals surface area contributed by atoms with Crippen molar-refractivity contribution >= 4 is 27.8 Å². The lowest BCUT2D eigenvalue weighted by atomic mass is 10.3. The van der Waals surface area contributed by atoms with E-state index in [0.29, 0.717) is 13.1 Å². The van der Waals surface area contributed by atoms with Gasteiger partial charge in [-0.3, -0.25) is 4.79 Å². The van der Waals surface area contributed by atoms with E-state index in [0.717, 1.165) is 12.5 Å². The lowest BCUT2D eigenvalue weighted by Gasteiger charge is -2.32. The molecule has 0 aromatic heterocycles. The SMILES string of the molecule is CC1(Br)C=CNC(N2CCNC(=O)C2)=N1. The minimum absolute atomic E-state index is 0.0385. The fourth-order valence-corrected chi connectivity index (χ4v) is 1.83. The van der Waals surface area contributed by atoms with Crippen molar-refractivity contribution < 1.29 is 4.79 Å². The van der Waals surface area contributed by atoms with Gasteiger partial charge in [0, 0.05) is 19.3 Å². The minimum Gasteiger partial charge on any atom is -0.353 e. The van der Waals surface area contributed by atoms with Gasteiger partial charge in [-0.2, -0.15) is 0 Å². The zero-order valence-electron chi connectivity index (χ0n) is 8.46. The normalized spacial score (nSPS) is 30.7. The first-order valence-electron chi connectivity index (χ1n) is 4.81. The number of halogens is 1. The Morgan fingerprint density at radius 3 is 3.13 bits per heavy atom. The zero-order valence-corrected chi connectivity index (χ0v) is 10.0. The minimum atomic E-state index is -0.374. The molecule has 0 aromatic carbocycles. The summed E-state index contributed by atoms with van der Waals surface area (Å²) in [5.74, 6) is 0.781. The van der Waals surface area contributed by atoms with Crippen LogP contribution in [0.15, 0.2) is 17.3 Å². The Hall–Kier alpha value is -1.04. The molecular formula is C9H13BrN4O. The Bertz CT molecular complexity index is 337. The second-order valence-corrected chi connectivity index (χ2v) is 5.31. The van der Waals surface area contributed by atoms with E-state index in [-0.39, 0.29) is 10.4 Å². The van der Waals surface area contributed by atoms with E-state index < -0.39 is 0 Å². The van der Waals surface area contributed by atoms with Crippen molar-refractivity contribution in [2.45, 2.75) is 11.4 Å². The Morgan fingerprint density at radius 1 is 1.67 bits per heavy atom. The highest BCUT2D eigenvalue weighted by Crippen LogP contribution is 2.23. The molecule has 0 spiro atoms. The maximum Gasteiger partial charge on any atom is 0.239 e. The smallest absolute Gasteiger partial charge is 0.239 e. The second-order valence-electron chi connectivity index (χ2n) is 3.71. The van der Waals surface area contributed by atoms with E-state index in [9.17, 15) is 4.79 Å². The molecule has 1 atom stereocenters. The molecule has 2 aliphatic heterocycles. The molecule has 15 heavy (non-hydrogen) atoms. The van der Waals surface area contributed by atoms with Crippen LogP contribution >= 0.6 is 15.9 Å². The zero-order chi connectivity index (χ0) is 10.9. The van der Waals surface area contributed by atoms with Gasteiger partial charge in [-0.1, -0.05) is 15.9 Å². The average molecular weight is 273 g/mol. The van der Waals surface area contributed by atoms with Gasteiger partial charge in [-0.05, 0) is 13.0 Å². The summed E-state index contributed by atoms with van der Waals surface area (Å²) in [6.07, 6.45) is 3.75. The van der Waals surface area contributed by atoms with Gasteiger partial charge < -0.3 is 15.5 Å². The molecule has 0 bridgehead atoms. The first kappa shape index (κ1) is 10.5. The van der Waals surface area contributed by atoms with Crippen LogP contribution in [0.3, 0.4) is 0 Å². The van der Waals surface area contributed by atoms with Crippen LogP contribution in [0.25, 0.3) is 0 Å². The highest BCUT2D eigenvalue weighted by atomic mass is 79.9. The third-order valence-electron chi connectivity index (χ3n) is 2.26. The summed E-state index contributed by atoms with van der Waals surface area (Å²) in [5.41, 5.74) is 0. The maximum atomic E-state index is 11.2. The number of carbonyl (C=O) groups is 1. The third kappa shape index (κ3) is 2.50. The first-order chi connectivity index (χ1) is 7.07. The van der Waals surface area contributed by atoms with Crippen LogP contribution in [0.5, 0.6) is 0 Å². The maximum absolute atomic E-state index is 11.2. The number of amides is 1. The number of nitrogens with one attached hydrogen (secondary N) is 2. The summed E-state index contributed by atoms with van der Waals surface area (Å²) in [4.78, 5) is 17.6. The number of rotatable bonds is 0. The molecule has 1 fully saturated rings. The summed E-state index contributed by atoms with van der Waals surface area (Å²) < 4.78 is -0.374. The van der Waals surface area contributed by atoms with Crippen LogP contribution in [-0.2, 0) is 4.79 Å². The van der Waals surface area contributed by atoms with E-state index in [1.807, 2.05) is 24.1 Å². The van der Waals surface area contributed by atoms with Crippen LogP contribution in [0.2, 0.25) is 0 Å². The van der Waals surface area contributed by atoms with Crippen molar-refractivity contribution in [2.24, 2.45) is 4.99 Å². The van der Waals surface area contributed by atoms with E-state index in [1.165, 1.54) is 0 Å². The standard InChI is InChI=1S/C9H13BrN4O/c1-9(10)2-3-12-8(13-9)14-5-4-11-7(15)6-14/h2-3H,4-6H2,1H3,(H,11,15)(H,12,13). The van der Waals surface area contributed by atoms with Crippen molar-refractivity contribution in [1.29, 1.82) is 0 Å². The molecule has 2 aliphatic rings. The number of guanidine groups is 1. The summed E-state index contributed by atoms with van der Waals surface area (Å²) in [5, 5.41) is 5.83. The molecule has 0 aromatic rings. The molecule has 2 heterocycles. The molecule has 82 valence electrons. The number of piperazine rings is 1. The van der Waals surface area contributed by atoms with Crippen molar-refractivity contribution in [3.05, 3.63) is 12.3 Å².